The Morgan fingerprint density at radius 3 is 2.46 bits per heavy atom. The Labute approximate surface area is 151 Å². The average molecular weight is 349 g/mol. The van der Waals surface area contributed by atoms with Gasteiger partial charge in [0.15, 0.2) is 5.65 Å². The molecule has 6 heteroatoms. The lowest BCUT2D eigenvalue weighted by Crippen LogP contribution is -2.23. The molecule has 0 radical (unpaired) electrons. The Hall–Kier alpha value is -2.63. The first-order valence-electron chi connectivity index (χ1n) is 9.46. The predicted octanol–water partition coefficient (Wildman–Crippen LogP) is 3.20. The third-order valence-electron chi connectivity index (χ3n) is 5.57. The van der Waals surface area contributed by atoms with Crippen molar-refractivity contribution in [3.8, 4) is 5.69 Å². The number of aryl methyl sites for hydroxylation is 2. The molecule has 6 nitrogen and oxygen atoms in total. The Balaban J connectivity index is 1.61. The number of aromatic nitrogens is 4. The molecule has 5 rings (SSSR count). The van der Waals surface area contributed by atoms with E-state index in [-0.39, 0.29) is 5.56 Å². The molecule has 134 valence electrons. The summed E-state index contributed by atoms with van der Waals surface area (Å²) in [5, 5.41) is 5.19. The smallest absolute Gasteiger partial charge is 0.263 e. The van der Waals surface area contributed by atoms with Crippen molar-refractivity contribution in [1.29, 1.82) is 0 Å². The molecule has 0 amide bonds. The van der Waals surface area contributed by atoms with Crippen LogP contribution in [0.1, 0.15) is 48.3 Å². The fourth-order valence-corrected chi connectivity index (χ4v) is 4.10. The van der Waals surface area contributed by atoms with Crippen LogP contribution in [0.3, 0.4) is 0 Å². The molecule has 0 spiro atoms. The maximum atomic E-state index is 12.5. The number of rotatable bonds is 3. The van der Waals surface area contributed by atoms with Crippen LogP contribution in [-0.2, 0) is 0 Å². The summed E-state index contributed by atoms with van der Waals surface area (Å²) in [6, 6.07) is 4.53. The van der Waals surface area contributed by atoms with E-state index in [0.29, 0.717) is 17.0 Å². The Morgan fingerprint density at radius 2 is 1.81 bits per heavy atom. The highest BCUT2D eigenvalue weighted by Gasteiger charge is 2.25. The summed E-state index contributed by atoms with van der Waals surface area (Å²) in [5.41, 5.74) is 5.25. The van der Waals surface area contributed by atoms with Crippen LogP contribution in [0.2, 0.25) is 0 Å². The number of H-pyrrole nitrogens is 1. The summed E-state index contributed by atoms with van der Waals surface area (Å²) >= 11 is 0. The van der Waals surface area contributed by atoms with Crippen molar-refractivity contribution in [2.75, 3.05) is 18.0 Å². The van der Waals surface area contributed by atoms with Gasteiger partial charge in [-0.15, -0.1) is 5.10 Å². The summed E-state index contributed by atoms with van der Waals surface area (Å²) in [6.45, 7) is 6.12. The lowest BCUT2D eigenvalue weighted by atomic mass is 10.0. The fourth-order valence-electron chi connectivity index (χ4n) is 4.10. The first-order valence-corrected chi connectivity index (χ1v) is 9.46. The molecule has 1 aliphatic heterocycles. The summed E-state index contributed by atoms with van der Waals surface area (Å²) in [7, 11) is 0. The number of nitrogens with zero attached hydrogens (tertiary/aromatic N) is 4. The molecule has 1 saturated heterocycles. The van der Waals surface area contributed by atoms with Crippen LogP contribution >= 0.6 is 0 Å². The topological polar surface area (TPSA) is 66.8 Å². The van der Waals surface area contributed by atoms with Crippen LogP contribution in [0.4, 0.5) is 5.95 Å². The van der Waals surface area contributed by atoms with Gasteiger partial charge in [0.25, 0.3) is 5.56 Å². The molecule has 3 aromatic rings. The van der Waals surface area contributed by atoms with Crippen LogP contribution in [0.5, 0.6) is 0 Å². The van der Waals surface area contributed by atoms with Crippen LogP contribution in [-0.4, -0.2) is 32.8 Å². The highest BCUT2D eigenvalue weighted by Crippen LogP contribution is 2.41. The van der Waals surface area contributed by atoms with Gasteiger partial charge < -0.3 is 4.90 Å². The van der Waals surface area contributed by atoms with E-state index < -0.39 is 0 Å². The van der Waals surface area contributed by atoms with Gasteiger partial charge in [-0.1, -0.05) is 12.1 Å². The van der Waals surface area contributed by atoms with Crippen molar-refractivity contribution >= 4 is 17.0 Å². The molecule has 0 bridgehead atoms. The van der Waals surface area contributed by atoms with Crippen molar-refractivity contribution in [2.45, 2.75) is 45.4 Å². The van der Waals surface area contributed by atoms with Crippen LogP contribution in [0.25, 0.3) is 16.7 Å². The van der Waals surface area contributed by atoms with Crippen LogP contribution in [0.15, 0.2) is 23.1 Å². The van der Waals surface area contributed by atoms with E-state index in [1.54, 1.807) is 6.20 Å². The second-order valence-corrected chi connectivity index (χ2v) is 7.67. The molecule has 2 aromatic heterocycles. The first-order chi connectivity index (χ1) is 12.6. The highest BCUT2D eigenvalue weighted by atomic mass is 16.1. The van der Waals surface area contributed by atoms with Gasteiger partial charge in [0, 0.05) is 19.3 Å². The van der Waals surface area contributed by atoms with Gasteiger partial charge in [0.1, 0.15) is 5.39 Å². The number of anilines is 1. The van der Waals surface area contributed by atoms with E-state index in [4.69, 9.17) is 0 Å². The number of fused-ring (bicyclic) bond motifs is 1. The standard InChI is InChI=1S/C20H23N5O/c1-12-9-15(14-5-6-14)10-13(2)17(12)25-11-16-18(23-25)21-20(22-19(16)26)24-7-3-4-8-24/h9-11,14H,3-8H2,1-2H3,(H,21,22,23,26). The molecule has 2 aliphatic rings. The maximum Gasteiger partial charge on any atom is 0.263 e. The number of hydrogen-bond donors (Lipinski definition) is 1. The quantitative estimate of drug-likeness (QED) is 0.788. The number of aromatic amines is 1. The normalized spacial score (nSPS) is 17.4. The molecule has 1 aromatic carbocycles. The van der Waals surface area contributed by atoms with Crippen molar-refractivity contribution in [3.05, 3.63) is 45.4 Å². The van der Waals surface area contributed by atoms with Gasteiger partial charge in [-0.2, -0.15) is 4.98 Å². The van der Waals surface area contributed by atoms with Crippen molar-refractivity contribution in [2.24, 2.45) is 0 Å². The molecule has 2 fully saturated rings. The molecule has 0 atom stereocenters. The zero-order valence-corrected chi connectivity index (χ0v) is 15.2. The zero-order chi connectivity index (χ0) is 17.8. The SMILES string of the molecule is Cc1cc(C2CC2)cc(C)c1-n1cc2c(=O)[nH]c(N3CCCC3)nc2n1. The van der Waals surface area contributed by atoms with Crippen LogP contribution < -0.4 is 10.5 Å². The Bertz CT molecular complexity index is 1030. The second kappa shape index (κ2) is 5.69. The lowest BCUT2D eigenvalue weighted by molar-refractivity contribution is 0.862. The molecule has 1 N–H and O–H groups in total. The van der Waals surface area contributed by atoms with Crippen LogP contribution in [0, 0.1) is 13.8 Å². The average Bonchev–Trinajstić information content (AvgIpc) is 3.14. The van der Waals surface area contributed by atoms with E-state index in [0.717, 1.165) is 37.5 Å². The Morgan fingerprint density at radius 1 is 1.12 bits per heavy atom. The molecule has 26 heavy (non-hydrogen) atoms. The molecule has 1 aliphatic carbocycles. The minimum Gasteiger partial charge on any atom is -0.342 e. The van der Waals surface area contributed by atoms with E-state index in [1.165, 1.54) is 29.5 Å². The van der Waals surface area contributed by atoms with Gasteiger partial charge >= 0.3 is 0 Å². The zero-order valence-electron chi connectivity index (χ0n) is 15.2. The summed E-state index contributed by atoms with van der Waals surface area (Å²) in [4.78, 5) is 22.2. The Kier molecular flexibility index (Phi) is 3.42. The van der Waals surface area contributed by atoms with E-state index in [9.17, 15) is 4.79 Å². The first kappa shape index (κ1) is 15.6. The van der Waals surface area contributed by atoms with Gasteiger partial charge in [0.2, 0.25) is 5.95 Å². The third-order valence-corrected chi connectivity index (χ3v) is 5.57. The lowest BCUT2D eigenvalue weighted by Gasteiger charge is -2.14. The fraction of sp³-hybridized carbons (Fsp3) is 0.450. The van der Waals surface area contributed by atoms with Gasteiger partial charge in [-0.3, -0.25) is 9.78 Å². The monoisotopic (exact) mass is 349 g/mol. The molecule has 3 heterocycles. The minimum absolute atomic E-state index is 0.118. The molecule has 1 saturated carbocycles. The minimum atomic E-state index is -0.118. The summed E-state index contributed by atoms with van der Waals surface area (Å²) in [6.07, 6.45) is 6.68. The van der Waals surface area contributed by atoms with Gasteiger partial charge in [-0.25, -0.2) is 4.68 Å². The number of benzene rings is 1. The van der Waals surface area contributed by atoms with Crippen molar-refractivity contribution in [1.82, 2.24) is 19.7 Å². The molecular weight excluding hydrogens is 326 g/mol. The highest BCUT2D eigenvalue weighted by molar-refractivity contribution is 5.75. The maximum absolute atomic E-state index is 12.5. The van der Waals surface area contributed by atoms with E-state index >= 15 is 0 Å². The van der Waals surface area contributed by atoms with Gasteiger partial charge in [0.05, 0.1) is 5.69 Å². The summed E-state index contributed by atoms with van der Waals surface area (Å²) < 4.78 is 1.82. The molecular formula is C20H23N5O. The largest absolute Gasteiger partial charge is 0.342 e. The summed E-state index contributed by atoms with van der Waals surface area (Å²) in [5.74, 6) is 1.37. The van der Waals surface area contributed by atoms with Crippen molar-refractivity contribution in [3.63, 3.8) is 0 Å². The van der Waals surface area contributed by atoms with Gasteiger partial charge in [-0.05, 0) is 62.1 Å². The third kappa shape index (κ3) is 2.52. The van der Waals surface area contributed by atoms with Crippen molar-refractivity contribution < 1.29 is 0 Å². The van der Waals surface area contributed by atoms with E-state index in [1.807, 2.05) is 4.68 Å². The number of nitrogens with one attached hydrogen (secondary N) is 1. The second-order valence-electron chi connectivity index (χ2n) is 7.67. The van der Waals surface area contributed by atoms with E-state index in [2.05, 4.69) is 45.9 Å². The number of hydrogen-bond acceptors (Lipinski definition) is 4. The molecule has 0 unspecified atom stereocenters. The predicted molar refractivity (Wildman–Crippen MR) is 102 cm³/mol.